The van der Waals surface area contributed by atoms with Gasteiger partial charge in [-0.05, 0) is 42.4 Å². The van der Waals surface area contributed by atoms with E-state index in [2.05, 4.69) is 41.5 Å². The molecule has 276 valence electrons. The van der Waals surface area contributed by atoms with Crippen molar-refractivity contribution in [2.45, 2.75) is 188 Å². The lowest BCUT2D eigenvalue weighted by atomic mass is 9.89. The van der Waals surface area contributed by atoms with Crippen LogP contribution in [0.4, 0.5) is 0 Å². The maximum atomic E-state index is 12.3. The van der Waals surface area contributed by atoms with Crippen LogP contribution in [0.2, 0.25) is 0 Å². The van der Waals surface area contributed by atoms with E-state index in [-0.39, 0.29) is 6.61 Å². The Kier molecular flexibility index (Phi) is 23.8. The van der Waals surface area contributed by atoms with Crippen molar-refractivity contribution in [1.29, 1.82) is 0 Å². The Bertz CT molecular complexity index is 785. The standard InChI is InChI=1S/C36H73O9P/c1-7-8-9-15-27(2)16-10-17-28(3)18-11-19-29(4)20-12-21-30(5)22-13-23-31(6)24-14-25-43-46(41,42)45-36-35(40)34(39)33(38)32(26-37)44-36/h27-40H,7-26H2,1-6H3,(H,41,42)/t27?,28?,29?,30?,31?,32-,33-,34+,35+,36-/m1/s1. The van der Waals surface area contributed by atoms with Crippen molar-refractivity contribution in [3.8, 4) is 0 Å². The summed E-state index contributed by atoms with van der Waals surface area (Å²) in [5, 5.41) is 38.9. The minimum Gasteiger partial charge on any atom is -0.394 e. The molecule has 5 N–H and O–H groups in total. The Morgan fingerprint density at radius 3 is 1.39 bits per heavy atom. The summed E-state index contributed by atoms with van der Waals surface area (Å²) in [7, 11) is -4.58. The number of aliphatic hydroxyl groups excluding tert-OH is 4. The lowest BCUT2D eigenvalue weighted by molar-refractivity contribution is -0.281. The highest BCUT2D eigenvalue weighted by atomic mass is 31.2. The first kappa shape index (κ1) is 43.9. The molecule has 1 aliphatic heterocycles. The summed E-state index contributed by atoms with van der Waals surface area (Å²) in [4.78, 5) is 10.0. The third-order valence-electron chi connectivity index (χ3n) is 10.1. The van der Waals surface area contributed by atoms with Crippen molar-refractivity contribution >= 4 is 7.82 Å². The van der Waals surface area contributed by atoms with E-state index in [1.165, 1.54) is 96.3 Å². The summed E-state index contributed by atoms with van der Waals surface area (Å²) in [6.45, 7) is 13.5. The molecule has 0 bridgehead atoms. The molecule has 0 aromatic heterocycles. The topological polar surface area (TPSA) is 146 Å². The molecule has 0 aliphatic carbocycles. The summed E-state index contributed by atoms with van der Waals surface area (Å²) in [5.41, 5.74) is 0. The molecular weight excluding hydrogens is 607 g/mol. The fourth-order valence-electron chi connectivity index (χ4n) is 6.65. The van der Waals surface area contributed by atoms with E-state index < -0.39 is 45.1 Å². The molecular formula is C36H73O9P. The van der Waals surface area contributed by atoms with E-state index in [1.54, 1.807) is 0 Å². The van der Waals surface area contributed by atoms with E-state index in [1.807, 2.05) is 0 Å². The van der Waals surface area contributed by atoms with Gasteiger partial charge in [0.1, 0.15) is 24.4 Å². The quantitative estimate of drug-likeness (QED) is 0.0408. The second-order valence-electron chi connectivity index (χ2n) is 15.0. The summed E-state index contributed by atoms with van der Waals surface area (Å²) >= 11 is 0. The first-order valence-corrected chi connectivity index (χ1v) is 20.2. The molecule has 1 fully saturated rings. The van der Waals surface area contributed by atoms with Gasteiger partial charge in [-0.3, -0.25) is 9.05 Å². The Balaban J connectivity index is 2.08. The van der Waals surface area contributed by atoms with Gasteiger partial charge in [-0.2, -0.15) is 0 Å². The number of unbranched alkanes of at least 4 members (excludes halogenated alkanes) is 2. The Morgan fingerprint density at radius 1 is 0.609 bits per heavy atom. The summed E-state index contributed by atoms with van der Waals surface area (Å²) in [5.74, 6) is 3.77. The highest BCUT2D eigenvalue weighted by Crippen LogP contribution is 2.46. The Morgan fingerprint density at radius 2 is 1.00 bits per heavy atom. The van der Waals surface area contributed by atoms with Gasteiger partial charge >= 0.3 is 7.82 Å². The van der Waals surface area contributed by atoms with Crippen molar-refractivity contribution < 1.29 is 43.7 Å². The van der Waals surface area contributed by atoms with Gasteiger partial charge in [0.05, 0.1) is 13.2 Å². The van der Waals surface area contributed by atoms with Gasteiger partial charge in [-0.1, -0.05) is 144 Å². The molecule has 1 rings (SSSR count). The largest absolute Gasteiger partial charge is 0.474 e. The number of phosphoric ester groups is 1. The Labute approximate surface area is 281 Å². The van der Waals surface area contributed by atoms with Gasteiger partial charge in [0.2, 0.25) is 0 Å². The van der Waals surface area contributed by atoms with Crippen LogP contribution in [-0.4, -0.2) is 69.2 Å². The third kappa shape index (κ3) is 19.8. The molecule has 1 saturated heterocycles. The van der Waals surface area contributed by atoms with Crippen molar-refractivity contribution in [1.82, 2.24) is 0 Å². The van der Waals surface area contributed by atoms with E-state index in [0.717, 1.165) is 36.5 Å². The van der Waals surface area contributed by atoms with Gasteiger partial charge in [0.15, 0.2) is 6.29 Å². The normalized spacial score (nSPS) is 26.7. The van der Waals surface area contributed by atoms with Crippen LogP contribution >= 0.6 is 7.82 Å². The molecule has 9 nitrogen and oxygen atoms in total. The summed E-state index contributed by atoms with van der Waals surface area (Å²) < 4.78 is 27.3. The van der Waals surface area contributed by atoms with Crippen molar-refractivity contribution in [2.24, 2.45) is 29.6 Å². The van der Waals surface area contributed by atoms with Gasteiger partial charge in [-0.25, -0.2) is 4.57 Å². The number of rotatable bonds is 28. The molecule has 0 amide bonds. The van der Waals surface area contributed by atoms with E-state index >= 15 is 0 Å². The monoisotopic (exact) mass is 680 g/mol. The average Bonchev–Trinajstić information content (AvgIpc) is 2.99. The summed E-state index contributed by atoms with van der Waals surface area (Å²) in [6, 6.07) is 0. The molecule has 1 heterocycles. The van der Waals surface area contributed by atoms with Crippen molar-refractivity contribution in [3.05, 3.63) is 0 Å². The Hall–Kier alpha value is -0.0900. The second kappa shape index (κ2) is 25.0. The van der Waals surface area contributed by atoms with Gasteiger partial charge in [0.25, 0.3) is 0 Å². The number of hydrogen-bond acceptors (Lipinski definition) is 8. The molecule has 0 radical (unpaired) electrons. The van der Waals surface area contributed by atoms with Crippen LogP contribution in [0.15, 0.2) is 0 Å². The molecule has 0 saturated carbocycles. The van der Waals surface area contributed by atoms with Crippen LogP contribution in [0, 0.1) is 29.6 Å². The average molecular weight is 681 g/mol. The zero-order valence-corrected chi connectivity index (χ0v) is 31.1. The van der Waals surface area contributed by atoms with Crippen LogP contribution in [0.3, 0.4) is 0 Å². The van der Waals surface area contributed by atoms with Gasteiger partial charge in [0, 0.05) is 0 Å². The lowest BCUT2D eigenvalue weighted by Crippen LogP contribution is -2.58. The molecule has 11 atom stereocenters. The first-order valence-electron chi connectivity index (χ1n) is 18.8. The number of aliphatic hydroxyl groups is 4. The van der Waals surface area contributed by atoms with Crippen LogP contribution in [-0.2, 0) is 18.3 Å². The van der Waals surface area contributed by atoms with Crippen LogP contribution in [0.5, 0.6) is 0 Å². The molecule has 0 aromatic carbocycles. The predicted octanol–water partition coefficient (Wildman–Crippen LogP) is 8.14. The second-order valence-corrected chi connectivity index (χ2v) is 16.4. The van der Waals surface area contributed by atoms with E-state index in [9.17, 15) is 29.9 Å². The maximum Gasteiger partial charge on any atom is 0.474 e. The fourth-order valence-corrected chi connectivity index (χ4v) is 7.51. The number of hydrogen-bond donors (Lipinski definition) is 5. The minimum atomic E-state index is -4.58. The van der Waals surface area contributed by atoms with Crippen LogP contribution < -0.4 is 0 Å². The lowest BCUT2D eigenvalue weighted by Gasteiger charge is -2.39. The molecule has 0 spiro atoms. The van der Waals surface area contributed by atoms with Crippen molar-refractivity contribution in [3.63, 3.8) is 0 Å². The number of phosphoric acid groups is 1. The fraction of sp³-hybridized carbons (Fsp3) is 1.00. The van der Waals surface area contributed by atoms with Crippen LogP contribution in [0.25, 0.3) is 0 Å². The van der Waals surface area contributed by atoms with Gasteiger partial charge in [-0.15, -0.1) is 0 Å². The SMILES string of the molecule is CCCCCC(C)CCCC(C)CCCC(C)CCCC(C)CCCC(C)CCCOP(=O)(O)O[C@H]1O[C@H](CO)[C@@H](O)[C@H](O)[C@@H]1O. The number of ether oxygens (including phenoxy) is 1. The third-order valence-corrected chi connectivity index (χ3v) is 11.0. The zero-order valence-electron chi connectivity index (χ0n) is 30.2. The highest BCUT2D eigenvalue weighted by Gasteiger charge is 2.46. The molecule has 6 unspecified atom stereocenters. The summed E-state index contributed by atoms with van der Waals surface area (Å²) in [6.07, 6.45) is 14.7. The molecule has 1 aliphatic rings. The van der Waals surface area contributed by atoms with E-state index in [4.69, 9.17) is 13.8 Å². The highest BCUT2D eigenvalue weighted by molar-refractivity contribution is 7.47. The maximum absolute atomic E-state index is 12.3. The van der Waals surface area contributed by atoms with Crippen molar-refractivity contribution in [2.75, 3.05) is 13.2 Å². The predicted molar refractivity (Wildman–Crippen MR) is 185 cm³/mol. The molecule has 46 heavy (non-hydrogen) atoms. The van der Waals surface area contributed by atoms with E-state index in [0.29, 0.717) is 12.3 Å². The zero-order chi connectivity index (χ0) is 34.5. The molecule has 0 aromatic rings. The molecule has 10 heteroatoms. The van der Waals surface area contributed by atoms with Crippen LogP contribution in [0.1, 0.15) is 157 Å². The van der Waals surface area contributed by atoms with Gasteiger partial charge < -0.3 is 30.1 Å². The minimum absolute atomic E-state index is 0.00150. The smallest absolute Gasteiger partial charge is 0.394 e. The first-order chi connectivity index (χ1) is 21.8.